The fourth-order valence-electron chi connectivity index (χ4n) is 0.500. The van der Waals surface area contributed by atoms with Crippen LogP contribution < -0.4 is 0 Å². The molecule has 0 amide bonds. The van der Waals surface area contributed by atoms with Gasteiger partial charge in [0.25, 0.3) is 0 Å². The fraction of sp³-hybridized carbons (Fsp3) is 0.857. The van der Waals surface area contributed by atoms with Gasteiger partial charge in [0.15, 0.2) is 0 Å². The van der Waals surface area contributed by atoms with E-state index in [1.165, 1.54) is 0 Å². The summed E-state index contributed by atoms with van der Waals surface area (Å²) in [7, 11) is -3.76. The molecule has 0 atom stereocenters. The predicted octanol–water partition coefficient (Wildman–Crippen LogP) is 1.29. The molecule has 0 aromatic rings. The molecule has 0 bridgehead atoms. The topological polar surface area (TPSA) is 52.6 Å². The van der Waals surface area contributed by atoms with Gasteiger partial charge in [0.1, 0.15) is 0 Å². The van der Waals surface area contributed by atoms with Crippen LogP contribution >= 0.6 is 0 Å². The fourth-order valence-corrected chi connectivity index (χ4v) is 1.21. The summed E-state index contributed by atoms with van der Waals surface area (Å²) < 4.78 is 30.5. The molecule has 0 fully saturated rings. The molecule has 6 heteroatoms. The largest absolute Gasteiger partial charge is 0.399 e. The summed E-state index contributed by atoms with van der Waals surface area (Å²) >= 11 is 0. The van der Waals surface area contributed by atoms with Crippen molar-refractivity contribution < 1.29 is 49.5 Å². The van der Waals surface area contributed by atoms with Gasteiger partial charge >= 0.3 is 10.4 Å². The summed E-state index contributed by atoms with van der Waals surface area (Å²) in [5.74, 6) is 0. The summed E-state index contributed by atoms with van der Waals surface area (Å²) in [5, 5.41) is 0. The van der Waals surface area contributed by atoms with E-state index in [1.807, 2.05) is 6.92 Å². The maximum atomic E-state index is 10.8. The second-order valence-corrected chi connectivity index (χ2v) is 3.55. The Morgan fingerprint density at radius 1 is 1.23 bits per heavy atom. The minimum absolute atomic E-state index is 0. The van der Waals surface area contributed by atoms with Crippen LogP contribution in [0.5, 0.6) is 0 Å². The van der Waals surface area contributed by atoms with Crippen LogP contribution in [0.3, 0.4) is 0 Å². The van der Waals surface area contributed by atoms with Gasteiger partial charge in [-0.1, -0.05) is 13.3 Å². The van der Waals surface area contributed by atoms with E-state index in [2.05, 4.69) is 15.3 Å². The maximum absolute atomic E-state index is 10.8. The van der Waals surface area contributed by atoms with Crippen molar-refractivity contribution in [2.45, 2.75) is 26.2 Å². The molecule has 77 valence electrons. The molecule has 0 unspecified atom stereocenters. The Morgan fingerprint density at radius 2 is 1.77 bits per heavy atom. The van der Waals surface area contributed by atoms with E-state index in [4.69, 9.17) is 0 Å². The van der Waals surface area contributed by atoms with Gasteiger partial charge in [0.2, 0.25) is 0 Å². The van der Waals surface area contributed by atoms with Crippen molar-refractivity contribution in [3.8, 4) is 0 Å². The van der Waals surface area contributed by atoms with Crippen LogP contribution in [0.25, 0.3) is 0 Å². The van der Waals surface area contributed by atoms with E-state index in [1.54, 1.807) is 0 Å². The van der Waals surface area contributed by atoms with Crippen LogP contribution in [0, 0.1) is 6.92 Å². The van der Waals surface area contributed by atoms with Crippen molar-refractivity contribution in [3.63, 3.8) is 0 Å². The number of hydrogen-bond donors (Lipinski definition) is 0. The van der Waals surface area contributed by atoms with Crippen molar-refractivity contribution >= 4 is 10.4 Å². The van der Waals surface area contributed by atoms with E-state index < -0.39 is 10.4 Å². The molecule has 0 aliphatic heterocycles. The molecule has 0 aliphatic rings. The van der Waals surface area contributed by atoms with Crippen LogP contribution in [0.15, 0.2) is 0 Å². The predicted molar refractivity (Wildman–Crippen MR) is 45.7 cm³/mol. The van der Waals surface area contributed by atoms with Crippen molar-refractivity contribution in [2.75, 3.05) is 13.2 Å². The van der Waals surface area contributed by atoms with E-state index in [0.29, 0.717) is 12.8 Å². The summed E-state index contributed by atoms with van der Waals surface area (Å²) in [5.41, 5.74) is 0. The monoisotopic (exact) mass is 284 g/mol. The summed E-state index contributed by atoms with van der Waals surface area (Å²) in [6.45, 7) is 5.66. The molecule has 1 radical (unpaired) electrons. The van der Waals surface area contributed by atoms with E-state index in [9.17, 15) is 8.42 Å². The van der Waals surface area contributed by atoms with Gasteiger partial charge < -0.3 is 6.92 Å². The SMILES string of the molecule is [CH2-]CCOS(=O)(=O)OCCCC.[Y]. The van der Waals surface area contributed by atoms with Crippen molar-refractivity contribution in [2.24, 2.45) is 0 Å². The molecule has 4 nitrogen and oxygen atoms in total. The third-order valence-corrected chi connectivity index (χ3v) is 2.01. The van der Waals surface area contributed by atoms with E-state index in [-0.39, 0.29) is 45.9 Å². The Balaban J connectivity index is 0. The standard InChI is InChI=1S/C7H15O4S.Y/c1-3-5-7-11-12(8,9)10-6-4-2;/h2-7H2,1H3;/q-1;. The number of hydrogen-bond acceptors (Lipinski definition) is 4. The zero-order valence-electron chi connectivity index (χ0n) is 7.86. The molecule has 0 saturated heterocycles. The minimum atomic E-state index is -3.76. The molecular weight excluding hydrogens is 269 g/mol. The first kappa shape index (κ1) is 16.4. The van der Waals surface area contributed by atoms with Crippen LogP contribution in [0.1, 0.15) is 26.2 Å². The first-order valence-electron chi connectivity index (χ1n) is 3.95. The van der Waals surface area contributed by atoms with Crippen LogP contribution in [-0.4, -0.2) is 21.6 Å². The van der Waals surface area contributed by atoms with E-state index in [0.717, 1.165) is 6.42 Å². The Morgan fingerprint density at radius 3 is 2.23 bits per heavy atom. The molecule has 0 rings (SSSR count). The van der Waals surface area contributed by atoms with Crippen molar-refractivity contribution in [1.82, 2.24) is 0 Å². The molecule has 0 aromatic carbocycles. The van der Waals surface area contributed by atoms with Gasteiger partial charge in [-0.25, -0.2) is 4.18 Å². The summed E-state index contributed by atoms with van der Waals surface area (Å²) in [6.07, 6.45) is 2.02. The van der Waals surface area contributed by atoms with Crippen LogP contribution in [0.2, 0.25) is 0 Å². The minimum Gasteiger partial charge on any atom is -0.341 e. The molecule has 0 aromatic heterocycles. The summed E-state index contributed by atoms with van der Waals surface area (Å²) in [6, 6.07) is 0. The molecule has 0 N–H and O–H groups in total. The van der Waals surface area contributed by atoms with Crippen LogP contribution in [0.4, 0.5) is 0 Å². The molecule has 0 spiro atoms. The van der Waals surface area contributed by atoms with Gasteiger partial charge in [-0.2, -0.15) is 14.8 Å². The Bertz CT molecular complexity index is 191. The third kappa shape index (κ3) is 10.9. The Labute approximate surface area is 106 Å². The van der Waals surface area contributed by atoms with Gasteiger partial charge in [-0.3, -0.25) is 4.18 Å². The maximum Gasteiger partial charge on any atom is 0.399 e. The van der Waals surface area contributed by atoms with Crippen LogP contribution in [-0.2, 0) is 51.5 Å². The first-order chi connectivity index (χ1) is 5.62. The zero-order valence-corrected chi connectivity index (χ0v) is 11.5. The second kappa shape index (κ2) is 9.53. The zero-order chi connectivity index (χ0) is 9.45. The quantitative estimate of drug-likeness (QED) is 0.522. The Kier molecular flexibility index (Phi) is 12.0. The Hall–Kier alpha value is 0.974. The smallest absolute Gasteiger partial charge is 0.341 e. The molecule has 0 aliphatic carbocycles. The average molecular weight is 284 g/mol. The number of rotatable bonds is 7. The van der Waals surface area contributed by atoms with Crippen molar-refractivity contribution in [3.05, 3.63) is 6.92 Å². The van der Waals surface area contributed by atoms with Gasteiger partial charge in [0, 0.05) is 39.3 Å². The molecule has 0 saturated carbocycles. The molecule has 13 heavy (non-hydrogen) atoms. The average Bonchev–Trinajstić information content (AvgIpc) is 2.01. The van der Waals surface area contributed by atoms with E-state index >= 15 is 0 Å². The van der Waals surface area contributed by atoms with Crippen molar-refractivity contribution in [1.29, 1.82) is 0 Å². The third-order valence-electron chi connectivity index (χ3n) is 1.10. The molecular formula is C7H15O4SY-. The molecule has 0 heterocycles. The van der Waals surface area contributed by atoms with Gasteiger partial charge in [-0.05, 0) is 6.42 Å². The normalized spacial score (nSPS) is 10.9. The van der Waals surface area contributed by atoms with Gasteiger partial charge in [0.05, 0.1) is 6.61 Å². The summed E-state index contributed by atoms with van der Waals surface area (Å²) in [4.78, 5) is 0. The van der Waals surface area contributed by atoms with Gasteiger partial charge in [-0.15, -0.1) is 0 Å². The second-order valence-electron chi connectivity index (χ2n) is 2.26. The number of unbranched alkanes of at least 4 members (excludes halogenated alkanes) is 1. The first-order valence-corrected chi connectivity index (χ1v) is 5.28.